The zero-order valence-corrected chi connectivity index (χ0v) is 16.0. The van der Waals surface area contributed by atoms with Crippen LogP contribution in [0.1, 0.15) is 24.1 Å². The minimum Gasteiger partial charge on any atom is -0.378 e. The summed E-state index contributed by atoms with van der Waals surface area (Å²) in [5.74, 6) is 0.0671. The number of likely N-dealkylation sites (N-methyl/N-ethyl adjacent to an activating group) is 1. The first-order chi connectivity index (χ1) is 11.9. The maximum Gasteiger partial charge on any atom is 0.236 e. The van der Waals surface area contributed by atoms with Crippen molar-refractivity contribution in [2.75, 3.05) is 32.6 Å². The number of amides is 1. The Hall–Kier alpha value is -2.04. The molecule has 25 heavy (non-hydrogen) atoms. The average Bonchev–Trinajstić information content (AvgIpc) is 2.60. The van der Waals surface area contributed by atoms with Crippen LogP contribution < -0.4 is 10.2 Å². The smallest absolute Gasteiger partial charge is 0.236 e. The van der Waals surface area contributed by atoms with Gasteiger partial charge < -0.3 is 15.1 Å². The Balaban J connectivity index is 1.84. The fraction of sp³-hybridized carbons (Fsp3) is 0.350. The zero-order valence-electron chi connectivity index (χ0n) is 15.3. The molecule has 5 heteroatoms. The van der Waals surface area contributed by atoms with Gasteiger partial charge in [0.2, 0.25) is 5.91 Å². The van der Waals surface area contributed by atoms with E-state index < -0.39 is 0 Å². The Morgan fingerprint density at radius 3 is 2.20 bits per heavy atom. The van der Waals surface area contributed by atoms with E-state index >= 15 is 0 Å². The van der Waals surface area contributed by atoms with Crippen LogP contribution in [0.4, 0.5) is 5.69 Å². The molecule has 2 aromatic rings. The van der Waals surface area contributed by atoms with E-state index in [-0.39, 0.29) is 11.9 Å². The number of carbonyl (C=O) groups excluding carboxylic acids is 1. The second-order valence-corrected chi connectivity index (χ2v) is 6.90. The summed E-state index contributed by atoms with van der Waals surface area (Å²) in [5, 5.41) is 3.98. The Bertz CT molecular complexity index is 683. The van der Waals surface area contributed by atoms with Gasteiger partial charge in [0.15, 0.2) is 0 Å². The van der Waals surface area contributed by atoms with Gasteiger partial charge in [-0.3, -0.25) is 4.79 Å². The predicted molar refractivity (Wildman–Crippen MR) is 105 cm³/mol. The number of hydrogen-bond acceptors (Lipinski definition) is 3. The number of halogens is 1. The van der Waals surface area contributed by atoms with Gasteiger partial charge in [-0.05, 0) is 42.3 Å². The summed E-state index contributed by atoms with van der Waals surface area (Å²) in [5.41, 5.74) is 3.38. The Morgan fingerprint density at radius 1 is 1.04 bits per heavy atom. The molecule has 4 nitrogen and oxygen atoms in total. The summed E-state index contributed by atoms with van der Waals surface area (Å²) < 4.78 is 0. The van der Waals surface area contributed by atoms with E-state index in [9.17, 15) is 4.79 Å². The van der Waals surface area contributed by atoms with Crippen LogP contribution in [-0.2, 0) is 11.3 Å². The van der Waals surface area contributed by atoms with E-state index in [2.05, 4.69) is 34.5 Å². The standard InChI is InChI=1S/C20H26ClN3O/c1-15(17-7-9-18(21)10-8-17)22-13-20(25)24(4)14-16-5-11-19(12-6-16)23(2)3/h5-12,15,22H,13-14H2,1-4H3/t15-/m1/s1. The molecule has 0 aliphatic heterocycles. The highest BCUT2D eigenvalue weighted by Crippen LogP contribution is 2.16. The third-order valence-corrected chi connectivity index (χ3v) is 4.48. The van der Waals surface area contributed by atoms with Crippen molar-refractivity contribution in [3.63, 3.8) is 0 Å². The maximum absolute atomic E-state index is 12.3. The third-order valence-electron chi connectivity index (χ3n) is 4.23. The second-order valence-electron chi connectivity index (χ2n) is 6.46. The van der Waals surface area contributed by atoms with Gasteiger partial charge in [0.25, 0.3) is 0 Å². The Morgan fingerprint density at radius 2 is 1.64 bits per heavy atom. The first kappa shape index (κ1) is 19.3. The van der Waals surface area contributed by atoms with E-state index in [1.165, 1.54) is 0 Å². The van der Waals surface area contributed by atoms with Gasteiger partial charge in [0.05, 0.1) is 6.54 Å². The molecule has 0 unspecified atom stereocenters. The summed E-state index contributed by atoms with van der Waals surface area (Å²) in [6.07, 6.45) is 0. The van der Waals surface area contributed by atoms with Gasteiger partial charge in [-0.25, -0.2) is 0 Å². The number of hydrogen-bond donors (Lipinski definition) is 1. The SMILES string of the molecule is C[C@@H](NCC(=O)N(C)Cc1ccc(N(C)C)cc1)c1ccc(Cl)cc1. The summed E-state index contributed by atoms with van der Waals surface area (Å²) in [4.78, 5) is 16.1. The maximum atomic E-state index is 12.3. The lowest BCUT2D eigenvalue weighted by Gasteiger charge is -2.20. The highest BCUT2D eigenvalue weighted by Gasteiger charge is 2.12. The van der Waals surface area contributed by atoms with Gasteiger partial charge in [0.1, 0.15) is 0 Å². The molecule has 1 amide bonds. The fourth-order valence-electron chi connectivity index (χ4n) is 2.51. The van der Waals surface area contributed by atoms with Gasteiger partial charge in [0, 0.05) is 44.4 Å². The molecule has 0 bridgehead atoms. The van der Waals surface area contributed by atoms with Crippen LogP contribution >= 0.6 is 11.6 Å². The summed E-state index contributed by atoms with van der Waals surface area (Å²) in [6.45, 7) is 2.94. The Labute approximate surface area is 155 Å². The van der Waals surface area contributed by atoms with Crippen LogP contribution in [0, 0.1) is 0 Å². The van der Waals surface area contributed by atoms with Crippen LogP contribution in [-0.4, -0.2) is 38.5 Å². The molecular weight excluding hydrogens is 334 g/mol. The minimum absolute atomic E-state index is 0.0671. The molecule has 0 saturated heterocycles. The lowest BCUT2D eigenvalue weighted by atomic mass is 10.1. The number of nitrogens with zero attached hydrogens (tertiary/aromatic N) is 2. The Kier molecular flexibility index (Phi) is 6.85. The fourth-order valence-corrected chi connectivity index (χ4v) is 2.63. The van der Waals surface area contributed by atoms with E-state index in [1.807, 2.05) is 52.3 Å². The van der Waals surface area contributed by atoms with Gasteiger partial charge in [-0.2, -0.15) is 0 Å². The lowest BCUT2D eigenvalue weighted by Crippen LogP contribution is -2.36. The molecule has 0 aromatic heterocycles. The van der Waals surface area contributed by atoms with E-state index in [1.54, 1.807) is 4.90 Å². The second kappa shape index (κ2) is 8.88. The molecular formula is C20H26ClN3O. The van der Waals surface area contributed by atoms with Crippen LogP contribution in [0.3, 0.4) is 0 Å². The first-order valence-electron chi connectivity index (χ1n) is 8.36. The molecule has 0 spiro atoms. The minimum atomic E-state index is 0.0671. The van der Waals surface area contributed by atoms with Gasteiger partial charge in [-0.15, -0.1) is 0 Å². The average molecular weight is 360 g/mol. The van der Waals surface area contributed by atoms with Crippen molar-refractivity contribution in [3.05, 3.63) is 64.7 Å². The van der Waals surface area contributed by atoms with E-state index in [0.717, 1.165) is 16.8 Å². The van der Waals surface area contributed by atoms with Crippen LogP contribution in [0.5, 0.6) is 0 Å². The molecule has 0 heterocycles. The molecule has 2 aromatic carbocycles. The van der Waals surface area contributed by atoms with E-state index in [4.69, 9.17) is 11.6 Å². The van der Waals surface area contributed by atoms with Crippen molar-refractivity contribution in [1.82, 2.24) is 10.2 Å². The molecule has 1 atom stereocenters. The van der Waals surface area contributed by atoms with Crippen molar-refractivity contribution >= 4 is 23.2 Å². The molecule has 0 radical (unpaired) electrons. The molecule has 134 valence electrons. The number of nitrogens with one attached hydrogen (secondary N) is 1. The van der Waals surface area contributed by atoms with Crippen molar-refractivity contribution in [1.29, 1.82) is 0 Å². The summed E-state index contributed by atoms with van der Waals surface area (Å²) in [6, 6.07) is 16.0. The molecule has 0 fully saturated rings. The molecule has 0 saturated carbocycles. The van der Waals surface area contributed by atoms with Crippen LogP contribution in [0.2, 0.25) is 5.02 Å². The van der Waals surface area contributed by atoms with Crippen molar-refractivity contribution < 1.29 is 4.79 Å². The first-order valence-corrected chi connectivity index (χ1v) is 8.73. The number of rotatable bonds is 7. The lowest BCUT2D eigenvalue weighted by molar-refractivity contribution is -0.129. The largest absolute Gasteiger partial charge is 0.378 e. The van der Waals surface area contributed by atoms with E-state index in [0.29, 0.717) is 18.1 Å². The monoisotopic (exact) mass is 359 g/mol. The normalized spacial score (nSPS) is 11.9. The molecule has 0 aliphatic carbocycles. The number of carbonyl (C=O) groups is 1. The summed E-state index contributed by atoms with van der Waals surface area (Å²) in [7, 11) is 5.85. The topological polar surface area (TPSA) is 35.6 Å². The molecule has 2 rings (SSSR count). The number of anilines is 1. The molecule has 0 aliphatic rings. The highest BCUT2D eigenvalue weighted by atomic mass is 35.5. The van der Waals surface area contributed by atoms with Crippen molar-refractivity contribution in [2.45, 2.75) is 19.5 Å². The van der Waals surface area contributed by atoms with Gasteiger partial charge in [-0.1, -0.05) is 35.9 Å². The highest BCUT2D eigenvalue weighted by molar-refractivity contribution is 6.30. The predicted octanol–water partition coefficient (Wildman–Crippen LogP) is 3.72. The van der Waals surface area contributed by atoms with Gasteiger partial charge >= 0.3 is 0 Å². The van der Waals surface area contributed by atoms with Crippen LogP contribution in [0.15, 0.2) is 48.5 Å². The number of benzene rings is 2. The van der Waals surface area contributed by atoms with Crippen molar-refractivity contribution in [2.24, 2.45) is 0 Å². The zero-order chi connectivity index (χ0) is 18.4. The summed E-state index contributed by atoms with van der Waals surface area (Å²) >= 11 is 5.91. The quantitative estimate of drug-likeness (QED) is 0.818. The molecule has 1 N–H and O–H groups in total. The van der Waals surface area contributed by atoms with Crippen LogP contribution in [0.25, 0.3) is 0 Å². The van der Waals surface area contributed by atoms with Crippen molar-refractivity contribution in [3.8, 4) is 0 Å². The third kappa shape index (κ3) is 5.76.